The van der Waals surface area contributed by atoms with E-state index in [9.17, 15) is 4.79 Å². The predicted molar refractivity (Wildman–Crippen MR) is 99.6 cm³/mol. The van der Waals surface area contributed by atoms with Crippen LogP contribution in [0.4, 0.5) is 5.69 Å². The minimum absolute atomic E-state index is 0.0376. The van der Waals surface area contributed by atoms with Crippen molar-refractivity contribution in [3.8, 4) is 0 Å². The maximum Gasteiger partial charge on any atom is 0.251 e. The van der Waals surface area contributed by atoms with Gasteiger partial charge in [0.25, 0.3) is 5.91 Å². The van der Waals surface area contributed by atoms with Gasteiger partial charge in [-0.2, -0.15) is 5.10 Å². The van der Waals surface area contributed by atoms with Crippen molar-refractivity contribution < 1.29 is 4.79 Å². The number of hydrogen-bond donors (Lipinski definition) is 2. The van der Waals surface area contributed by atoms with Gasteiger partial charge in [0.2, 0.25) is 0 Å². The largest absolute Gasteiger partial charge is 0.378 e. The van der Waals surface area contributed by atoms with E-state index in [1.807, 2.05) is 35.9 Å². The van der Waals surface area contributed by atoms with Crippen molar-refractivity contribution in [1.82, 2.24) is 25.0 Å². The van der Waals surface area contributed by atoms with Gasteiger partial charge in [-0.05, 0) is 44.3 Å². The molecule has 1 aromatic carbocycles. The molecule has 2 N–H and O–H groups in total. The average molecular weight is 344 g/mol. The molecule has 0 aliphatic heterocycles. The summed E-state index contributed by atoms with van der Waals surface area (Å²) in [6.07, 6.45) is 1.56. The molecule has 0 spiro atoms. The molecule has 0 saturated heterocycles. The van der Waals surface area contributed by atoms with E-state index in [2.05, 4.69) is 39.5 Å². The van der Waals surface area contributed by atoms with E-state index >= 15 is 0 Å². The molecule has 1 aromatic heterocycles. The Labute approximate surface area is 149 Å². The van der Waals surface area contributed by atoms with Gasteiger partial charge in [0, 0.05) is 30.9 Å². The SMILES string of the molecule is CCN(CC)CCNC(=O)c1ccc(NCc2ncnn2CC)cc1. The van der Waals surface area contributed by atoms with Crippen molar-refractivity contribution in [1.29, 1.82) is 0 Å². The zero-order valence-corrected chi connectivity index (χ0v) is 15.3. The third-order valence-corrected chi connectivity index (χ3v) is 4.20. The Hall–Kier alpha value is -2.41. The number of carbonyl (C=O) groups excluding carboxylic acids is 1. The van der Waals surface area contributed by atoms with E-state index in [-0.39, 0.29) is 5.91 Å². The van der Waals surface area contributed by atoms with Crippen molar-refractivity contribution in [2.75, 3.05) is 31.5 Å². The fourth-order valence-corrected chi connectivity index (χ4v) is 2.58. The number of nitrogens with zero attached hydrogens (tertiary/aromatic N) is 4. The number of hydrogen-bond acceptors (Lipinski definition) is 5. The molecule has 2 rings (SSSR count). The molecule has 136 valence electrons. The Balaban J connectivity index is 1.81. The molecule has 2 aromatic rings. The summed E-state index contributed by atoms with van der Waals surface area (Å²) < 4.78 is 1.85. The van der Waals surface area contributed by atoms with Gasteiger partial charge in [0.15, 0.2) is 0 Å². The quantitative estimate of drug-likeness (QED) is 0.689. The highest BCUT2D eigenvalue weighted by molar-refractivity contribution is 5.94. The lowest BCUT2D eigenvalue weighted by atomic mass is 10.2. The topological polar surface area (TPSA) is 75.1 Å². The van der Waals surface area contributed by atoms with Gasteiger partial charge >= 0.3 is 0 Å². The molecule has 0 fully saturated rings. The van der Waals surface area contributed by atoms with Crippen LogP contribution in [0.15, 0.2) is 30.6 Å². The molecule has 7 nitrogen and oxygen atoms in total. The van der Waals surface area contributed by atoms with Crippen LogP contribution in [0.5, 0.6) is 0 Å². The molecule has 1 amide bonds. The van der Waals surface area contributed by atoms with Crippen LogP contribution in [0, 0.1) is 0 Å². The Morgan fingerprint density at radius 3 is 2.52 bits per heavy atom. The zero-order chi connectivity index (χ0) is 18.1. The van der Waals surface area contributed by atoms with Crippen molar-refractivity contribution in [2.45, 2.75) is 33.9 Å². The summed E-state index contributed by atoms with van der Waals surface area (Å²) in [5.74, 6) is 0.852. The second kappa shape index (κ2) is 9.78. The maximum atomic E-state index is 12.2. The molecule has 7 heteroatoms. The molecule has 25 heavy (non-hydrogen) atoms. The third-order valence-electron chi connectivity index (χ3n) is 4.20. The fraction of sp³-hybridized carbons (Fsp3) is 0.500. The first-order valence-electron chi connectivity index (χ1n) is 8.89. The second-order valence-corrected chi connectivity index (χ2v) is 5.71. The van der Waals surface area contributed by atoms with Crippen LogP contribution >= 0.6 is 0 Å². The highest BCUT2D eigenvalue weighted by Gasteiger charge is 2.07. The second-order valence-electron chi connectivity index (χ2n) is 5.71. The van der Waals surface area contributed by atoms with Crippen molar-refractivity contribution in [3.05, 3.63) is 42.0 Å². The van der Waals surface area contributed by atoms with E-state index in [0.29, 0.717) is 18.7 Å². The van der Waals surface area contributed by atoms with E-state index in [1.165, 1.54) is 0 Å². The molecular weight excluding hydrogens is 316 g/mol. The monoisotopic (exact) mass is 344 g/mol. The van der Waals surface area contributed by atoms with Crippen LogP contribution in [0.1, 0.15) is 37.0 Å². The average Bonchev–Trinajstić information content (AvgIpc) is 3.11. The Morgan fingerprint density at radius 2 is 1.88 bits per heavy atom. The molecule has 1 heterocycles. The first-order valence-corrected chi connectivity index (χ1v) is 8.89. The number of amides is 1. The summed E-state index contributed by atoms with van der Waals surface area (Å²) in [6.45, 7) is 11.2. The minimum atomic E-state index is -0.0376. The molecular formula is C18H28N6O. The molecule has 0 unspecified atom stereocenters. The maximum absolute atomic E-state index is 12.2. The zero-order valence-electron chi connectivity index (χ0n) is 15.3. The lowest BCUT2D eigenvalue weighted by molar-refractivity contribution is 0.0949. The molecule has 0 atom stereocenters. The standard InChI is InChI=1S/C18H28N6O/c1-4-23(5-2)12-11-19-18(25)15-7-9-16(10-8-15)20-13-17-21-14-22-24(17)6-3/h7-10,14,20H,4-6,11-13H2,1-3H3,(H,19,25). The third kappa shape index (κ3) is 5.56. The summed E-state index contributed by atoms with van der Waals surface area (Å²) in [7, 11) is 0. The summed E-state index contributed by atoms with van der Waals surface area (Å²) in [4.78, 5) is 18.7. The number of nitrogens with one attached hydrogen (secondary N) is 2. The normalized spacial score (nSPS) is 10.9. The molecule has 0 aliphatic rings. The van der Waals surface area contributed by atoms with Gasteiger partial charge in [-0.3, -0.25) is 4.79 Å². The lowest BCUT2D eigenvalue weighted by Crippen LogP contribution is -2.34. The van der Waals surface area contributed by atoms with Gasteiger partial charge in [-0.25, -0.2) is 9.67 Å². The smallest absolute Gasteiger partial charge is 0.251 e. The van der Waals surface area contributed by atoms with Crippen LogP contribution in [-0.2, 0) is 13.1 Å². The molecule has 0 aliphatic carbocycles. The number of anilines is 1. The summed E-state index contributed by atoms with van der Waals surface area (Å²) in [5, 5.41) is 10.4. The van der Waals surface area contributed by atoms with E-state index in [0.717, 1.165) is 37.7 Å². The Kier molecular flexibility index (Phi) is 7.40. The Bertz CT molecular complexity index is 648. The number of likely N-dealkylation sites (N-methyl/N-ethyl adjacent to an activating group) is 1. The first kappa shape index (κ1) is 18.9. The van der Waals surface area contributed by atoms with Crippen LogP contribution in [0.25, 0.3) is 0 Å². The highest BCUT2D eigenvalue weighted by Crippen LogP contribution is 2.10. The van der Waals surface area contributed by atoms with Crippen LogP contribution in [-0.4, -0.2) is 51.8 Å². The first-order chi connectivity index (χ1) is 12.2. The predicted octanol–water partition coefficient (Wildman–Crippen LogP) is 1.98. The van der Waals surface area contributed by atoms with Crippen molar-refractivity contribution >= 4 is 11.6 Å². The summed E-state index contributed by atoms with van der Waals surface area (Å²) in [6, 6.07) is 7.48. The van der Waals surface area contributed by atoms with Gasteiger partial charge in [0.05, 0.1) is 6.54 Å². The van der Waals surface area contributed by atoms with E-state index < -0.39 is 0 Å². The number of aromatic nitrogens is 3. The minimum Gasteiger partial charge on any atom is -0.378 e. The summed E-state index contributed by atoms with van der Waals surface area (Å²) >= 11 is 0. The van der Waals surface area contributed by atoms with Crippen molar-refractivity contribution in [2.24, 2.45) is 0 Å². The number of aryl methyl sites for hydroxylation is 1. The summed E-state index contributed by atoms with van der Waals surface area (Å²) in [5.41, 5.74) is 1.62. The van der Waals surface area contributed by atoms with E-state index in [1.54, 1.807) is 6.33 Å². The lowest BCUT2D eigenvalue weighted by Gasteiger charge is -2.18. The molecule has 0 saturated carbocycles. The fourth-order valence-electron chi connectivity index (χ4n) is 2.58. The van der Waals surface area contributed by atoms with Gasteiger partial charge < -0.3 is 15.5 Å². The Morgan fingerprint density at radius 1 is 1.16 bits per heavy atom. The highest BCUT2D eigenvalue weighted by atomic mass is 16.1. The van der Waals surface area contributed by atoms with Gasteiger partial charge in [-0.15, -0.1) is 0 Å². The molecule has 0 bridgehead atoms. The van der Waals surface area contributed by atoms with E-state index in [4.69, 9.17) is 0 Å². The van der Waals surface area contributed by atoms with Crippen LogP contribution in [0.3, 0.4) is 0 Å². The number of carbonyl (C=O) groups is 1. The van der Waals surface area contributed by atoms with Gasteiger partial charge in [-0.1, -0.05) is 13.8 Å². The van der Waals surface area contributed by atoms with Gasteiger partial charge in [0.1, 0.15) is 12.2 Å². The molecule has 0 radical (unpaired) electrons. The number of rotatable bonds is 10. The van der Waals surface area contributed by atoms with Crippen molar-refractivity contribution in [3.63, 3.8) is 0 Å². The van der Waals surface area contributed by atoms with Crippen LogP contribution < -0.4 is 10.6 Å². The van der Waals surface area contributed by atoms with Crippen LogP contribution in [0.2, 0.25) is 0 Å². The number of benzene rings is 1.